The molecule has 0 N–H and O–H groups in total. The molecular formula is C17H20O6S. The van der Waals surface area contributed by atoms with E-state index < -0.39 is 22.0 Å². The summed E-state index contributed by atoms with van der Waals surface area (Å²) in [5, 5.41) is 1.97. The number of fused-ring (bicyclic) bond motifs is 1. The fourth-order valence-electron chi connectivity index (χ4n) is 2.96. The molecule has 1 atom stereocenters. The molecule has 24 heavy (non-hydrogen) atoms. The molecule has 0 radical (unpaired) electrons. The van der Waals surface area contributed by atoms with Crippen LogP contribution in [0, 0.1) is 0 Å². The van der Waals surface area contributed by atoms with E-state index >= 15 is 0 Å². The molecule has 0 amide bonds. The van der Waals surface area contributed by atoms with Crippen LogP contribution in [0.3, 0.4) is 0 Å². The fourth-order valence-corrected chi connectivity index (χ4v) is 3.61. The predicted molar refractivity (Wildman–Crippen MR) is 89.5 cm³/mol. The lowest BCUT2D eigenvalue weighted by Crippen LogP contribution is -2.41. The van der Waals surface area contributed by atoms with Gasteiger partial charge in [0.25, 0.3) is 10.1 Å². The Bertz CT molecular complexity index is 839. The highest BCUT2D eigenvalue weighted by Crippen LogP contribution is 2.38. The Balaban J connectivity index is 2.04. The van der Waals surface area contributed by atoms with E-state index in [0.717, 1.165) is 22.8 Å². The molecule has 2 aromatic rings. The SMILES string of the molecule is COc1ccc2cc(C3(C(C)OS(C)(=O)=O)OCCO3)ccc2c1. The molecule has 0 aromatic heterocycles. The Morgan fingerprint density at radius 2 is 1.71 bits per heavy atom. The fraction of sp³-hybridized carbons (Fsp3) is 0.412. The van der Waals surface area contributed by atoms with Gasteiger partial charge in [-0.15, -0.1) is 0 Å². The molecule has 1 unspecified atom stereocenters. The largest absolute Gasteiger partial charge is 0.497 e. The standard InChI is InChI=1S/C17H20O6S/c1-12(23-24(3,18)19)17(21-8-9-22-17)15-6-4-14-11-16(20-2)7-5-13(14)10-15/h4-7,10-12H,8-9H2,1-3H3. The number of benzene rings is 2. The van der Waals surface area contributed by atoms with Crippen molar-refractivity contribution in [3.63, 3.8) is 0 Å². The van der Waals surface area contributed by atoms with E-state index in [1.807, 2.05) is 36.4 Å². The summed E-state index contributed by atoms with van der Waals surface area (Å²) in [4.78, 5) is 0. The summed E-state index contributed by atoms with van der Waals surface area (Å²) >= 11 is 0. The maximum Gasteiger partial charge on any atom is 0.264 e. The highest BCUT2D eigenvalue weighted by molar-refractivity contribution is 7.86. The lowest BCUT2D eigenvalue weighted by molar-refractivity contribution is -0.216. The zero-order valence-corrected chi connectivity index (χ0v) is 14.6. The number of methoxy groups -OCH3 is 1. The topological polar surface area (TPSA) is 71.1 Å². The number of ether oxygens (including phenoxy) is 3. The third-order valence-corrected chi connectivity index (χ3v) is 4.66. The second kappa shape index (κ2) is 6.33. The van der Waals surface area contributed by atoms with Crippen LogP contribution in [0.1, 0.15) is 12.5 Å². The van der Waals surface area contributed by atoms with E-state index in [9.17, 15) is 8.42 Å². The van der Waals surface area contributed by atoms with Crippen LogP contribution < -0.4 is 4.74 Å². The van der Waals surface area contributed by atoms with Gasteiger partial charge in [-0.05, 0) is 35.9 Å². The zero-order chi connectivity index (χ0) is 17.4. The summed E-state index contributed by atoms with van der Waals surface area (Å²) in [7, 11) is -2.01. The monoisotopic (exact) mass is 352 g/mol. The molecule has 1 fully saturated rings. The van der Waals surface area contributed by atoms with Crippen molar-refractivity contribution in [1.82, 2.24) is 0 Å². The van der Waals surface area contributed by atoms with Crippen molar-refractivity contribution in [3.05, 3.63) is 42.0 Å². The molecule has 0 bridgehead atoms. The Hall–Kier alpha value is -1.67. The minimum absolute atomic E-state index is 0.373. The molecule has 3 rings (SSSR count). The van der Waals surface area contributed by atoms with Gasteiger partial charge >= 0.3 is 0 Å². The van der Waals surface area contributed by atoms with E-state index in [0.29, 0.717) is 18.8 Å². The molecule has 1 heterocycles. The Morgan fingerprint density at radius 3 is 2.33 bits per heavy atom. The predicted octanol–water partition coefficient (Wildman–Crippen LogP) is 2.41. The summed E-state index contributed by atoms with van der Waals surface area (Å²) in [6.45, 7) is 2.38. The van der Waals surface area contributed by atoms with E-state index in [2.05, 4.69) is 0 Å². The van der Waals surface area contributed by atoms with E-state index in [1.165, 1.54) is 0 Å². The lowest BCUT2D eigenvalue weighted by Gasteiger charge is -2.33. The summed E-state index contributed by atoms with van der Waals surface area (Å²) in [5.41, 5.74) is 0.716. The van der Waals surface area contributed by atoms with Crippen molar-refractivity contribution in [1.29, 1.82) is 0 Å². The summed E-state index contributed by atoms with van der Waals surface area (Å²) in [6.07, 6.45) is 0.199. The molecule has 1 aliphatic rings. The van der Waals surface area contributed by atoms with Crippen molar-refractivity contribution < 1.29 is 26.8 Å². The molecule has 1 saturated heterocycles. The molecular weight excluding hydrogens is 332 g/mol. The Morgan fingerprint density at radius 1 is 1.08 bits per heavy atom. The second-order valence-electron chi connectivity index (χ2n) is 5.73. The Kier molecular flexibility index (Phi) is 4.52. The van der Waals surface area contributed by atoms with Gasteiger partial charge in [-0.3, -0.25) is 4.18 Å². The number of hydrogen-bond acceptors (Lipinski definition) is 6. The van der Waals surface area contributed by atoms with Gasteiger partial charge in [-0.2, -0.15) is 8.42 Å². The van der Waals surface area contributed by atoms with Gasteiger partial charge < -0.3 is 14.2 Å². The van der Waals surface area contributed by atoms with Crippen molar-refractivity contribution in [3.8, 4) is 5.75 Å². The van der Waals surface area contributed by atoms with Crippen LogP contribution in [0.4, 0.5) is 0 Å². The van der Waals surface area contributed by atoms with Crippen LogP contribution >= 0.6 is 0 Å². The molecule has 7 heteroatoms. The van der Waals surface area contributed by atoms with E-state index in [4.69, 9.17) is 18.4 Å². The quantitative estimate of drug-likeness (QED) is 0.770. The second-order valence-corrected chi connectivity index (χ2v) is 7.34. The van der Waals surface area contributed by atoms with Crippen LogP contribution in [0.2, 0.25) is 0 Å². The lowest BCUT2D eigenvalue weighted by atomic mass is 9.97. The average molecular weight is 352 g/mol. The molecule has 0 spiro atoms. The highest BCUT2D eigenvalue weighted by atomic mass is 32.2. The Labute approximate surface area is 141 Å². The summed E-state index contributed by atoms with van der Waals surface area (Å²) in [6, 6.07) is 11.4. The average Bonchev–Trinajstić information content (AvgIpc) is 3.03. The minimum atomic E-state index is -3.63. The smallest absolute Gasteiger partial charge is 0.264 e. The maximum atomic E-state index is 11.5. The molecule has 2 aromatic carbocycles. The number of rotatable bonds is 5. The van der Waals surface area contributed by atoms with Crippen molar-refractivity contribution in [2.24, 2.45) is 0 Å². The number of hydrogen-bond donors (Lipinski definition) is 0. The van der Waals surface area contributed by atoms with Gasteiger partial charge in [-0.25, -0.2) is 0 Å². The van der Waals surface area contributed by atoms with Crippen molar-refractivity contribution in [2.45, 2.75) is 18.8 Å². The summed E-state index contributed by atoms with van der Waals surface area (Å²) < 4.78 is 45.0. The molecule has 130 valence electrons. The van der Waals surface area contributed by atoms with Crippen LogP contribution in [-0.4, -0.2) is 41.1 Å². The molecule has 0 saturated carbocycles. The van der Waals surface area contributed by atoms with Crippen LogP contribution in [0.25, 0.3) is 10.8 Å². The van der Waals surface area contributed by atoms with Gasteiger partial charge in [0.1, 0.15) is 11.9 Å². The zero-order valence-electron chi connectivity index (χ0n) is 13.8. The van der Waals surface area contributed by atoms with E-state index in [1.54, 1.807) is 14.0 Å². The van der Waals surface area contributed by atoms with Gasteiger partial charge in [0.2, 0.25) is 5.79 Å². The van der Waals surface area contributed by atoms with Crippen LogP contribution in [0.5, 0.6) is 5.75 Å². The van der Waals surface area contributed by atoms with Crippen molar-refractivity contribution >= 4 is 20.9 Å². The van der Waals surface area contributed by atoms with Crippen LogP contribution in [0.15, 0.2) is 36.4 Å². The maximum absolute atomic E-state index is 11.5. The van der Waals surface area contributed by atoms with E-state index in [-0.39, 0.29) is 0 Å². The highest BCUT2D eigenvalue weighted by Gasteiger charge is 2.46. The first-order valence-corrected chi connectivity index (χ1v) is 9.40. The first-order chi connectivity index (χ1) is 11.3. The normalized spacial score (nSPS) is 18.6. The van der Waals surface area contributed by atoms with Gasteiger partial charge in [-0.1, -0.05) is 18.2 Å². The minimum Gasteiger partial charge on any atom is -0.497 e. The molecule has 1 aliphatic heterocycles. The van der Waals surface area contributed by atoms with Gasteiger partial charge in [0, 0.05) is 5.56 Å². The molecule has 0 aliphatic carbocycles. The summed E-state index contributed by atoms with van der Waals surface area (Å²) in [5.74, 6) is -0.468. The van der Waals surface area contributed by atoms with Gasteiger partial charge in [0.15, 0.2) is 0 Å². The first-order valence-electron chi connectivity index (χ1n) is 7.58. The third kappa shape index (κ3) is 3.25. The van der Waals surface area contributed by atoms with Gasteiger partial charge in [0.05, 0.1) is 26.6 Å². The van der Waals surface area contributed by atoms with Crippen molar-refractivity contribution in [2.75, 3.05) is 26.6 Å². The van der Waals surface area contributed by atoms with Crippen LogP contribution in [-0.2, 0) is 29.6 Å². The third-order valence-electron chi connectivity index (χ3n) is 4.02. The first kappa shape index (κ1) is 17.2. The molecule has 6 nitrogen and oxygen atoms in total.